The molecular weight excluding hydrogens is 202 g/mol. The molecule has 0 heterocycles. The molecule has 0 rings (SSSR count). The number of nitrogens with one attached hydrogen (secondary N) is 1. The lowest BCUT2D eigenvalue weighted by Gasteiger charge is -2.19. The average Bonchev–Trinajstić information content (AvgIpc) is 2.00. The van der Waals surface area contributed by atoms with Crippen LogP contribution >= 0.6 is 0 Å². The van der Waals surface area contributed by atoms with Crippen molar-refractivity contribution < 1.29 is 23.9 Å². The molecule has 0 aromatic carbocycles. The molecule has 88 valence electrons. The number of amides is 1. The number of hydroxylamine groups is 1. The van der Waals surface area contributed by atoms with Gasteiger partial charge in [-0.2, -0.15) is 5.48 Å². The van der Waals surface area contributed by atoms with E-state index in [0.717, 1.165) is 0 Å². The van der Waals surface area contributed by atoms with Gasteiger partial charge in [0.25, 0.3) is 0 Å². The zero-order chi connectivity index (χ0) is 11.9. The Kier molecular flexibility index (Phi) is 5.69. The van der Waals surface area contributed by atoms with E-state index in [1.165, 1.54) is 0 Å². The first-order chi connectivity index (χ1) is 6.85. The maximum absolute atomic E-state index is 11.0. The molecule has 0 unspecified atom stereocenters. The summed E-state index contributed by atoms with van der Waals surface area (Å²) >= 11 is 0. The quantitative estimate of drug-likeness (QED) is 0.564. The minimum absolute atomic E-state index is 0.272. The third kappa shape index (κ3) is 9.01. The summed E-state index contributed by atoms with van der Waals surface area (Å²) in [5.74, 6) is -0.548. The van der Waals surface area contributed by atoms with Crippen LogP contribution in [0.5, 0.6) is 0 Å². The third-order valence-corrected chi connectivity index (χ3v) is 1.05. The molecule has 1 amide bonds. The van der Waals surface area contributed by atoms with Crippen LogP contribution in [0.3, 0.4) is 0 Å². The molecule has 0 spiro atoms. The van der Waals surface area contributed by atoms with Crippen molar-refractivity contribution in [3.8, 4) is 0 Å². The van der Waals surface area contributed by atoms with Gasteiger partial charge in [-0.25, -0.2) is 9.59 Å². The number of hydrogen-bond donors (Lipinski definition) is 1. The minimum atomic E-state index is -0.744. The summed E-state index contributed by atoms with van der Waals surface area (Å²) in [6, 6.07) is 0. The highest BCUT2D eigenvalue weighted by atomic mass is 16.7. The van der Waals surface area contributed by atoms with Crippen molar-refractivity contribution in [2.75, 3.05) is 13.2 Å². The zero-order valence-electron chi connectivity index (χ0n) is 9.46. The standard InChI is InChI=1S/C9H17NO5/c1-5-13-7(11)6-14-10-8(12)15-9(2,3)4/h5-6H2,1-4H3,(H,10,12). The van der Waals surface area contributed by atoms with E-state index in [1.54, 1.807) is 27.7 Å². The summed E-state index contributed by atoms with van der Waals surface area (Å²) in [5, 5.41) is 0. The Balaban J connectivity index is 3.60. The molecule has 0 aliphatic carbocycles. The Hall–Kier alpha value is -1.30. The summed E-state index contributed by atoms with van der Waals surface area (Å²) in [6.45, 7) is 6.77. The number of carbonyl (C=O) groups is 2. The van der Waals surface area contributed by atoms with Crippen LogP contribution in [-0.4, -0.2) is 30.9 Å². The lowest BCUT2D eigenvalue weighted by molar-refractivity contribution is -0.150. The van der Waals surface area contributed by atoms with E-state index >= 15 is 0 Å². The maximum Gasteiger partial charge on any atom is 0.431 e. The number of rotatable bonds is 4. The molecule has 0 aliphatic heterocycles. The van der Waals surface area contributed by atoms with Gasteiger partial charge in [-0.3, -0.25) is 4.84 Å². The van der Waals surface area contributed by atoms with E-state index in [4.69, 9.17) is 4.74 Å². The Bertz CT molecular complexity index is 221. The normalized spacial score (nSPS) is 10.7. The molecule has 0 saturated carbocycles. The summed E-state index contributed by atoms with van der Waals surface area (Å²) in [7, 11) is 0. The Labute approximate surface area is 88.8 Å². The lowest BCUT2D eigenvalue weighted by atomic mass is 10.2. The molecule has 0 atom stereocenters. The van der Waals surface area contributed by atoms with Crippen LogP contribution in [0.15, 0.2) is 0 Å². The van der Waals surface area contributed by atoms with Crippen molar-refractivity contribution >= 4 is 12.1 Å². The fourth-order valence-electron chi connectivity index (χ4n) is 0.656. The highest BCUT2D eigenvalue weighted by Crippen LogP contribution is 2.06. The van der Waals surface area contributed by atoms with Crippen molar-refractivity contribution in [1.82, 2.24) is 5.48 Å². The summed E-state index contributed by atoms with van der Waals surface area (Å²) in [5.41, 5.74) is 1.37. The Morgan fingerprint density at radius 3 is 2.33 bits per heavy atom. The Morgan fingerprint density at radius 1 is 1.27 bits per heavy atom. The molecule has 0 saturated heterocycles. The number of hydrogen-bond acceptors (Lipinski definition) is 5. The van der Waals surface area contributed by atoms with Gasteiger partial charge in [-0.15, -0.1) is 0 Å². The van der Waals surface area contributed by atoms with Gasteiger partial charge in [-0.05, 0) is 27.7 Å². The molecule has 0 radical (unpaired) electrons. The number of ether oxygens (including phenoxy) is 2. The summed E-state index contributed by atoms with van der Waals surface area (Å²) < 4.78 is 9.42. The predicted octanol–water partition coefficient (Wildman–Crippen LogP) is 1.01. The Morgan fingerprint density at radius 2 is 1.87 bits per heavy atom. The van der Waals surface area contributed by atoms with Crippen LogP contribution in [0.1, 0.15) is 27.7 Å². The summed E-state index contributed by atoms with van der Waals surface area (Å²) in [4.78, 5) is 26.3. The molecule has 0 fully saturated rings. The van der Waals surface area contributed by atoms with Crippen LogP contribution in [-0.2, 0) is 19.1 Å². The van der Waals surface area contributed by atoms with Crippen LogP contribution in [0.4, 0.5) is 4.79 Å². The van der Waals surface area contributed by atoms with E-state index in [-0.39, 0.29) is 13.2 Å². The first-order valence-corrected chi connectivity index (χ1v) is 4.61. The fraction of sp³-hybridized carbons (Fsp3) is 0.778. The largest absolute Gasteiger partial charge is 0.464 e. The predicted molar refractivity (Wildman–Crippen MR) is 52.0 cm³/mol. The highest BCUT2D eigenvalue weighted by Gasteiger charge is 2.16. The maximum atomic E-state index is 11.0. The molecule has 0 aromatic rings. The van der Waals surface area contributed by atoms with Gasteiger partial charge >= 0.3 is 12.1 Å². The van der Waals surface area contributed by atoms with E-state index in [1.807, 2.05) is 5.48 Å². The first-order valence-electron chi connectivity index (χ1n) is 4.61. The smallest absolute Gasteiger partial charge is 0.431 e. The second-order valence-corrected chi connectivity index (χ2v) is 3.70. The van der Waals surface area contributed by atoms with Gasteiger partial charge in [-0.1, -0.05) is 0 Å². The third-order valence-electron chi connectivity index (χ3n) is 1.05. The van der Waals surface area contributed by atoms with Gasteiger partial charge in [0.15, 0.2) is 6.61 Å². The van der Waals surface area contributed by atoms with Crippen molar-refractivity contribution in [3.05, 3.63) is 0 Å². The second kappa shape index (κ2) is 6.23. The highest BCUT2D eigenvalue weighted by molar-refractivity contribution is 5.71. The van der Waals surface area contributed by atoms with E-state index in [0.29, 0.717) is 0 Å². The van der Waals surface area contributed by atoms with Crippen molar-refractivity contribution in [3.63, 3.8) is 0 Å². The SMILES string of the molecule is CCOC(=O)CONC(=O)OC(C)(C)C. The van der Waals surface area contributed by atoms with E-state index in [2.05, 4.69) is 9.57 Å². The molecular formula is C9H17NO5. The zero-order valence-corrected chi connectivity index (χ0v) is 9.46. The minimum Gasteiger partial charge on any atom is -0.464 e. The van der Waals surface area contributed by atoms with Crippen molar-refractivity contribution in [2.45, 2.75) is 33.3 Å². The number of esters is 1. The lowest BCUT2D eigenvalue weighted by Crippen LogP contribution is -2.34. The topological polar surface area (TPSA) is 73.9 Å². The molecule has 0 bridgehead atoms. The monoisotopic (exact) mass is 219 g/mol. The van der Waals surface area contributed by atoms with Crippen molar-refractivity contribution in [1.29, 1.82) is 0 Å². The van der Waals surface area contributed by atoms with Crippen LogP contribution in [0.2, 0.25) is 0 Å². The van der Waals surface area contributed by atoms with E-state index in [9.17, 15) is 9.59 Å². The number of carbonyl (C=O) groups excluding carboxylic acids is 2. The van der Waals surface area contributed by atoms with Gasteiger partial charge in [0, 0.05) is 0 Å². The molecule has 6 heteroatoms. The van der Waals surface area contributed by atoms with Gasteiger partial charge < -0.3 is 9.47 Å². The molecule has 0 aromatic heterocycles. The average molecular weight is 219 g/mol. The van der Waals surface area contributed by atoms with Crippen molar-refractivity contribution in [2.24, 2.45) is 0 Å². The second-order valence-electron chi connectivity index (χ2n) is 3.70. The fourth-order valence-corrected chi connectivity index (χ4v) is 0.656. The molecule has 15 heavy (non-hydrogen) atoms. The molecule has 6 nitrogen and oxygen atoms in total. The molecule has 0 aliphatic rings. The summed E-state index contributed by atoms with van der Waals surface area (Å²) in [6.07, 6.45) is -0.744. The van der Waals surface area contributed by atoms with Crippen LogP contribution in [0, 0.1) is 0 Å². The van der Waals surface area contributed by atoms with Gasteiger partial charge in [0.05, 0.1) is 6.61 Å². The first kappa shape index (κ1) is 13.7. The van der Waals surface area contributed by atoms with E-state index < -0.39 is 17.7 Å². The van der Waals surface area contributed by atoms with Crippen LogP contribution in [0.25, 0.3) is 0 Å². The van der Waals surface area contributed by atoms with Gasteiger partial charge in [0.1, 0.15) is 5.60 Å². The van der Waals surface area contributed by atoms with Crippen LogP contribution < -0.4 is 5.48 Å². The molecule has 1 N–H and O–H groups in total. The van der Waals surface area contributed by atoms with Gasteiger partial charge in [0.2, 0.25) is 0 Å².